The highest BCUT2D eigenvalue weighted by atomic mass is 32.1. The summed E-state index contributed by atoms with van der Waals surface area (Å²) in [4.78, 5) is 6.72. The van der Waals surface area contributed by atoms with Crippen LogP contribution in [-0.4, -0.2) is 16.7 Å². The molecule has 2 rings (SSSR count). The summed E-state index contributed by atoms with van der Waals surface area (Å²) in [6.45, 7) is 2.79. The van der Waals surface area contributed by atoms with Crippen LogP contribution in [0.1, 0.15) is 24.0 Å². The van der Waals surface area contributed by atoms with Crippen LogP contribution in [0.25, 0.3) is 10.8 Å². The predicted octanol–water partition coefficient (Wildman–Crippen LogP) is 2.25. The maximum absolute atomic E-state index is 5.43. The number of rotatable bonds is 5. The van der Waals surface area contributed by atoms with Crippen LogP contribution >= 0.6 is 11.3 Å². The Bertz CT molecular complexity index is 450. The van der Waals surface area contributed by atoms with E-state index in [4.69, 9.17) is 10.3 Å². The largest absolute Gasteiger partial charge is 0.333 e. The first-order valence-corrected chi connectivity index (χ1v) is 6.27. The second-order valence-electron chi connectivity index (χ2n) is 3.53. The van der Waals surface area contributed by atoms with Crippen molar-refractivity contribution in [2.75, 3.05) is 6.54 Å². The molecule has 0 amide bonds. The Morgan fingerprint density at radius 1 is 1.44 bits per heavy atom. The summed E-state index contributed by atoms with van der Waals surface area (Å²) in [7, 11) is 0. The third kappa shape index (κ3) is 2.48. The normalized spacial score (nSPS) is 10.9. The highest BCUT2D eigenvalue weighted by Crippen LogP contribution is 2.26. The molecule has 4 nitrogen and oxygen atoms in total. The van der Waals surface area contributed by atoms with Gasteiger partial charge in [0, 0.05) is 11.3 Å². The van der Waals surface area contributed by atoms with Crippen molar-refractivity contribution in [3.63, 3.8) is 0 Å². The molecule has 2 N–H and O–H groups in total. The van der Waals surface area contributed by atoms with E-state index in [0.717, 1.165) is 30.0 Å². The van der Waals surface area contributed by atoms with Crippen LogP contribution in [0, 0.1) is 0 Å². The SMILES string of the molecule is CCc1ccc(-c2nc(CCCN)no2)s1. The second-order valence-corrected chi connectivity index (χ2v) is 4.70. The zero-order valence-electron chi connectivity index (χ0n) is 9.27. The van der Waals surface area contributed by atoms with Crippen LogP contribution in [0.4, 0.5) is 0 Å². The Hall–Kier alpha value is -1.20. The Kier molecular flexibility index (Phi) is 3.69. The van der Waals surface area contributed by atoms with Gasteiger partial charge in [0.05, 0.1) is 4.88 Å². The molecule has 0 saturated carbocycles. The summed E-state index contributed by atoms with van der Waals surface area (Å²) in [5.74, 6) is 1.36. The predicted molar refractivity (Wildman–Crippen MR) is 64.4 cm³/mol. The summed E-state index contributed by atoms with van der Waals surface area (Å²) >= 11 is 1.70. The first kappa shape index (κ1) is 11.3. The van der Waals surface area contributed by atoms with E-state index >= 15 is 0 Å². The van der Waals surface area contributed by atoms with Crippen LogP contribution in [0.2, 0.25) is 0 Å². The average Bonchev–Trinajstić information content (AvgIpc) is 2.94. The van der Waals surface area contributed by atoms with Crippen LogP contribution in [0.5, 0.6) is 0 Å². The molecule has 0 saturated heterocycles. The van der Waals surface area contributed by atoms with Crippen LogP contribution in [-0.2, 0) is 12.8 Å². The van der Waals surface area contributed by atoms with Gasteiger partial charge in [-0.15, -0.1) is 11.3 Å². The van der Waals surface area contributed by atoms with E-state index in [0.29, 0.717) is 12.4 Å². The molecule has 0 aliphatic carbocycles. The molecule has 16 heavy (non-hydrogen) atoms. The Labute approximate surface area is 98.5 Å². The molecule has 2 aromatic heterocycles. The first-order chi connectivity index (χ1) is 7.83. The lowest BCUT2D eigenvalue weighted by atomic mass is 10.3. The molecule has 2 aromatic rings. The van der Waals surface area contributed by atoms with Crippen molar-refractivity contribution in [2.45, 2.75) is 26.2 Å². The average molecular weight is 237 g/mol. The molecule has 5 heteroatoms. The Balaban J connectivity index is 2.11. The maximum Gasteiger partial charge on any atom is 0.267 e. The lowest BCUT2D eigenvalue weighted by Crippen LogP contribution is -2.01. The van der Waals surface area contributed by atoms with Crippen molar-refractivity contribution in [1.82, 2.24) is 10.1 Å². The van der Waals surface area contributed by atoms with Gasteiger partial charge < -0.3 is 10.3 Å². The van der Waals surface area contributed by atoms with Crippen molar-refractivity contribution in [3.8, 4) is 10.8 Å². The lowest BCUT2D eigenvalue weighted by Gasteiger charge is -1.88. The molecule has 0 aliphatic heterocycles. The summed E-state index contributed by atoms with van der Waals surface area (Å²) in [5, 5.41) is 3.93. The van der Waals surface area contributed by atoms with E-state index in [1.165, 1.54) is 4.88 Å². The van der Waals surface area contributed by atoms with Crippen LogP contribution in [0.15, 0.2) is 16.7 Å². The van der Waals surface area contributed by atoms with E-state index in [-0.39, 0.29) is 0 Å². The van der Waals surface area contributed by atoms with E-state index in [1.807, 2.05) is 6.07 Å². The number of hydrogen-bond acceptors (Lipinski definition) is 5. The van der Waals surface area contributed by atoms with Gasteiger partial charge in [-0.25, -0.2) is 0 Å². The van der Waals surface area contributed by atoms with Gasteiger partial charge in [-0.1, -0.05) is 12.1 Å². The van der Waals surface area contributed by atoms with Crippen molar-refractivity contribution in [3.05, 3.63) is 22.8 Å². The molecule has 0 aromatic carbocycles. The molecule has 2 heterocycles. The van der Waals surface area contributed by atoms with Crippen molar-refractivity contribution in [2.24, 2.45) is 5.73 Å². The third-order valence-corrected chi connectivity index (χ3v) is 3.51. The third-order valence-electron chi connectivity index (χ3n) is 2.29. The first-order valence-electron chi connectivity index (χ1n) is 5.45. The second kappa shape index (κ2) is 5.23. The zero-order chi connectivity index (χ0) is 11.4. The number of hydrogen-bond donors (Lipinski definition) is 1. The number of aromatic nitrogens is 2. The Morgan fingerprint density at radius 3 is 3.00 bits per heavy atom. The molecule has 0 radical (unpaired) electrons. The molecular weight excluding hydrogens is 222 g/mol. The Morgan fingerprint density at radius 2 is 2.31 bits per heavy atom. The van der Waals surface area contributed by atoms with Gasteiger partial charge in [-0.05, 0) is 31.5 Å². The summed E-state index contributed by atoms with van der Waals surface area (Å²) in [6.07, 6.45) is 2.72. The minimum atomic E-state index is 0.622. The number of nitrogens with two attached hydrogens (primary N) is 1. The molecule has 86 valence electrons. The van der Waals surface area contributed by atoms with E-state index in [1.54, 1.807) is 11.3 Å². The number of nitrogens with zero attached hydrogens (tertiary/aromatic N) is 2. The van der Waals surface area contributed by atoms with E-state index < -0.39 is 0 Å². The van der Waals surface area contributed by atoms with Gasteiger partial charge in [0.1, 0.15) is 0 Å². The summed E-state index contributed by atoms with van der Waals surface area (Å²) in [5.41, 5.74) is 5.43. The topological polar surface area (TPSA) is 64.9 Å². The van der Waals surface area contributed by atoms with E-state index in [2.05, 4.69) is 23.1 Å². The van der Waals surface area contributed by atoms with Gasteiger partial charge in [-0.2, -0.15) is 4.98 Å². The molecule has 0 aliphatic rings. The maximum atomic E-state index is 5.43. The highest BCUT2D eigenvalue weighted by Gasteiger charge is 2.10. The minimum absolute atomic E-state index is 0.622. The molecule has 0 bridgehead atoms. The van der Waals surface area contributed by atoms with Gasteiger partial charge in [0.2, 0.25) is 0 Å². The fraction of sp³-hybridized carbons (Fsp3) is 0.455. The molecule has 0 spiro atoms. The molecule has 0 unspecified atom stereocenters. The summed E-state index contributed by atoms with van der Waals surface area (Å²) in [6, 6.07) is 4.13. The minimum Gasteiger partial charge on any atom is -0.333 e. The molecular formula is C11H15N3OS. The molecule has 0 fully saturated rings. The van der Waals surface area contributed by atoms with Crippen molar-refractivity contribution >= 4 is 11.3 Å². The van der Waals surface area contributed by atoms with Crippen LogP contribution < -0.4 is 5.73 Å². The number of thiophene rings is 1. The van der Waals surface area contributed by atoms with Gasteiger partial charge in [0.15, 0.2) is 5.82 Å². The van der Waals surface area contributed by atoms with Crippen molar-refractivity contribution in [1.29, 1.82) is 0 Å². The fourth-order valence-electron chi connectivity index (χ4n) is 1.40. The summed E-state index contributed by atoms with van der Waals surface area (Å²) < 4.78 is 5.21. The standard InChI is InChI=1S/C11H15N3OS/c1-2-8-5-6-9(16-8)11-13-10(14-15-11)4-3-7-12/h5-6H,2-4,7,12H2,1H3. The molecule has 0 atom stereocenters. The van der Waals surface area contributed by atoms with Gasteiger partial charge >= 0.3 is 0 Å². The quantitative estimate of drug-likeness (QED) is 0.866. The van der Waals surface area contributed by atoms with Gasteiger partial charge in [-0.3, -0.25) is 0 Å². The lowest BCUT2D eigenvalue weighted by molar-refractivity contribution is 0.422. The number of aryl methyl sites for hydroxylation is 2. The zero-order valence-corrected chi connectivity index (χ0v) is 10.1. The monoisotopic (exact) mass is 237 g/mol. The van der Waals surface area contributed by atoms with Crippen molar-refractivity contribution < 1.29 is 4.52 Å². The smallest absolute Gasteiger partial charge is 0.267 e. The van der Waals surface area contributed by atoms with E-state index in [9.17, 15) is 0 Å². The van der Waals surface area contributed by atoms with Crippen LogP contribution in [0.3, 0.4) is 0 Å². The van der Waals surface area contributed by atoms with Gasteiger partial charge in [0.25, 0.3) is 5.89 Å². The highest BCUT2D eigenvalue weighted by molar-refractivity contribution is 7.15. The fourth-order valence-corrected chi connectivity index (χ4v) is 2.27.